The summed E-state index contributed by atoms with van der Waals surface area (Å²) in [5.41, 5.74) is 0. The van der Waals surface area contributed by atoms with Gasteiger partial charge < -0.3 is 0 Å². The quantitative estimate of drug-likeness (QED) is 0.318. The summed E-state index contributed by atoms with van der Waals surface area (Å²) in [6.07, 6.45) is -1.63. The molecule has 13 heavy (non-hydrogen) atoms. The Kier molecular flexibility index (Phi) is 8.25. The monoisotopic (exact) mass is 206 g/mol. The van der Waals surface area contributed by atoms with Gasteiger partial charge in [-0.1, -0.05) is 0 Å². The number of carbonyl (C=O) groups excluding carboxylic acids is 1. The van der Waals surface area contributed by atoms with Crippen LogP contribution in [0.1, 0.15) is 0 Å². The van der Waals surface area contributed by atoms with Gasteiger partial charge in [0.25, 0.3) is 0 Å². The van der Waals surface area contributed by atoms with Gasteiger partial charge in [-0.2, -0.15) is 4.79 Å². The molecule has 0 aromatic rings. The topological polar surface area (TPSA) is 141 Å². The van der Waals surface area contributed by atoms with Crippen molar-refractivity contribution in [3.05, 3.63) is 0 Å². The lowest BCUT2D eigenvalue weighted by atomic mass is 11.4. The summed E-state index contributed by atoms with van der Waals surface area (Å²) < 4.78 is 0. The number of carbonyl (C=O) groups is 1. The Morgan fingerprint density at radius 2 is 1.23 bits per heavy atom. The van der Waals surface area contributed by atoms with Gasteiger partial charge in [0, 0.05) is 20.2 Å². The molecule has 12 nitrogen and oxygen atoms in total. The molecule has 0 radical (unpaired) electrons. The van der Waals surface area contributed by atoms with E-state index in [-0.39, 0.29) is 0 Å². The van der Waals surface area contributed by atoms with Crippen LogP contribution < -0.4 is 0 Å². The molecule has 12 heteroatoms. The van der Waals surface area contributed by atoms with Crippen LogP contribution in [-0.4, -0.2) is 16.7 Å². The Morgan fingerprint density at radius 1 is 0.769 bits per heavy atom. The van der Waals surface area contributed by atoms with Crippen molar-refractivity contribution in [2.24, 2.45) is 0 Å². The van der Waals surface area contributed by atoms with Gasteiger partial charge in [0.05, 0.1) is 0 Å². The Bertz CT molecular complexity index is 118. The van der Waals surface area contributed by atoms with E-state index in [1.807, 2.05) is 0 Å². The van der Waals surface area contributed by atoms with Crippen LogP contribution in [0.2, 0.25) is 0 Å². The second-order valence-corrected chi connectivity index (χ2v) is 0.906. The summed E-state index contributed by atoms with van der Waals surface area (Å²) in [6, 6.07) is 0. The minimum absolute atomic E-state index is 1.63. The maximum Gasteiger partial charge on any atom is 0.577 e. The molecular weight excluding hydrogens is 204 g/mol. The second-order valence-electron chi connectivity index (χ2n) is 0.906. The molecule has 0 unspecified atom stereocenters. The third-order valence-electron chi connectivity index (χ3n) is 0.348. The molecule has 0 rings (SSSR count). The molecule has 0 aromatic carbocycles. The Morgan fingerprint density at radius 3 is 1.77 bits per heavy atom. The highest BCUT2D eigenvalue weighted by atomic mass is 17.8. The fourth-order valence-corrected chi connectivity index (χ4v) is 0.133. The van der Waals surface area contributed by atoms with Gasteiger partial charge >= 0.3 is 6.16 Å². The Hall–Kier alpha value is -1.09. The van der Waals surface area contributed by atoms with E-state index in [0.717, 1.165) is 0 Å². The van der Waals surface area contributed by atoms with Gasteiger partial charge in [-0.15, -0.1) is 0 Å². The molecule has 0 saturated heterocycles. The van der Waals surface area contributed by atoms with Gasteiger partial charge in [0.15, 0.2) is 0 Å². The molecule has 0 aliphatic rings. The van der Waals surface area contributed by atoms with E-state index in [1.165, 1.54) is 0 Å². The molecule has 78 valence electrons. The van der Waals surface area contributed by atoms with Crippen molar-refractivity contribution in [3.8, 4) is 0 Å². The fraction of sp³-hybridized carbons (Fsp3) is 0. The number of hydrogen-bond acceptors (Lipinski definition) is 12. The fourth-order valence-electron chi connectivity index (χ4n) is 0.133. The highest BCUT2D eigenvalue weighted by Crippen LogP contribution is 1.90. The predicted octanol–water partition coefficient (Wildman–Crippen LogP) is -0.393. The Labute approximate surface area is 67.9 Å². The maximum absolute atomic E-state index is 10.1. The van der Waals surface area contributed by atoms with Gasteiger partial charge in [0.2, 0.25) is 0 Å². The highest BCUT2D eigenvalue weighted by molar-refractivity contribution is 5.57. The average molecular weight is 206 g/mol. The lowest BCUT2D eigenvalue weighted by Gasteiger charge is -1.97. The van der Waals surface area contributed by atoms with Crippen molar-refractivity contribution in [1.29, 1.82) is 0 Å². The first kappa shape index (κ1) is 11.9. The molecule has 0 saturated carbocycles. The first-order valence-corrected chi connectivity index (χ1v) is 2.14. The summed E-state index contributed by atoms with van der Waals surface area (Å²) in [5, 5.41) is 36.8. The minimum Gasteiger partial charge on any atom is -0.224 e. The smallest absolute Gasteiger partial charge is 0.224 e. The maximum atomic E-state index is 10.1. The summed E-state index contributed by atoms with van der Waals surface area (Å²) in [7, 11) is 0. The molecular formula is CH2O12. The second kappa shape index (κ2) is 9.00. The zero-order valence-electron chi connectivity index (χ0n) is 5.48. The molecule has 0 amide bonds. The molecule has 0 aliphatic carbocycles. The molecule has 0 aliphatic heterocycles. The van der Waals surface area contributed by atoms with E-state index in [9.17, 15) is 4.79 Å². The third-order valence-corrected chi connectivity index (χ3v) is 0.348. The summed E-state index contributed by atoms with van der Waals surface area (Å²) in [6.45, 7) is 0. The van der Waals surface area contributed by atoms with Crippen molar-refractivity contribution in [1.82, 2.24) is 0 Å². The number of rotatable bonds is 7. The molecule has 0 fully saturated rings. The lowest BCUT2D eigenvalue weighted by Crippen LogP contribution is -2.09. The van der Waals surface area contributed by atoms with Gasteiger partial charge in [0.1, 0.15) is 0 Å². The van der Waals surface area contributed by atoms with Crippen molar-refractivity contribution >= 4 is 6.16 Å². The first-order valence-electron chi connectivity index (χ1n) is 2.14. The van der Waals surface area contributed by atoms with E-state index in [2.05, 4.69) is 45.0 Å². The summed E-state index contributed by atoms with van der Waals surface area (Å²) in [4.78, 5) is 17.0. The van der Waals surface area contributed by atoms with Crippen molar-refractivity contribution in [2.75, 3.05) is 0 Å². The molecule has 0 bridgehead atoms. The molecule has 0 spiro atoms. The zero-order chi connectivity index (χ0) is 9.94. The van der Waals surface area contributed by atoms with E-state index < -0.39 is 6.16 Å². The van der Waals surface area contributed by atoms with Crippen LogP contribution >= 0.6 is 0 Å². The van der Waals surface area contributed by atoms with Gasteiger partial charge in [-0.25, -0.2) is 20.3 Å². The lowest BCUT2D eigenvalue weighted by molar-refractivity contribution is -0.749. The molecule has 0 heterocycles. The van der Waals surface area contributed by atoms with Crippen molar-refractivity contribution in [2.45, 2.75) is 0 Å². The first-order chi connectivity index (χ1) is 6.31. The van der Waals surface area contributed by atoms with Crippen LogP contribution in [0.15, 0.2) is 0 Å². The molecule has 2 N–H and O–H groups in total. The predicted molar refractivity (Wildman–Crippen MR) is 20.4 cm³/mol. The third kappa shape index (κ3) is 8.82. The minimum atomic E-state index is -1.63. The van der Waals surface area contributed by atoms with Crippen molar-refractivity contribution < 1.29 is 60.4 Å². The van der Waals surface area contributed by atoms with Crippen molar-refractivity contribution in [3.63, 3.8) is 0 Å². The molecule has 0 atom stereocenters. The van der Waals surface area contributed by atoms with Gasteiger partial charge in [-0.3, -0.25) is 0 Å². The van der Waals surface area contributed by atoms with Crippen LogP contribution in [0.5, 0.6) is 0 Å². The Balaban J connectivity index is 3.11. The average Bonchev–Trinajstić information content (AvgIpc) is 2.13. The van der Waals surface area contributed by atoms with E-state index in [1.54, 1.807) is 0 Å². The number of hydrogen-bond donors (Lipinski definition) is 2. The summed E-state index contributed by atoms with van der Waals surface area (Å²) >= 11 is 0. The molecule has 0 aromatic heterocycles. The van der Waals surface area contributed by atoms with E-state index in [4.69, 9.17) is 10.5 Å². The zero-order valence-corrected chi connectivity index (χ0v) is 5.48. The van der Waals surface area contributed by atoms with E-state index >= 15 is 0 Å². The SMILES string of the molecule is O=C(OOOOO)OOOOOO. The van der Waals surface area contributed by atoms with E-state index in [0.29, 0.717) is 0 Å². The van der Waals surface area contributed by atoms with Crippen LogP contribution in [0.3, 0.4) is 0 Å². The summed E-state index contributed by atoms with van der Waals surface area (Å²) in [5.74, 6) is 0. The standard InChI is InChI=1S/CH2O12/c2-1(5-9-11-7-3)6-10-13-12-8-4/h3-4H. The largest absolute Gasteiger partial charge is 0.577 e. The van der Waals surface area contributed by atoms with Crippen LogP contribution in [0, 0.1) is 0 Å². The normalized spacial score (nSPS) is 9.69. The van der Waals surface area contributed by atoms with Gasteiger partial charge in [-0.05, 0) is 15.1 Å². The van der Waals surface area contributed by atoms with Crippen LogP contribution in [-0.2, 0) is 45.0 Å². The van der Waals surface area contributed by atoms with Crippen LogP contribution in [0.4, 0.5) is 4.79 Å². The highest BCUT2D eigenvalue weighted by Gasteiger charge is 2.08. The van der Waals surface area contributed by atoms with Crippen LogP contribution in [0.25, 0.3) is 0 Å².